The van der Waals surface area contributed by atoms with Gasteiger partial charge in [-0.05, 0) is 49.4 Å². The number of anilines is 2. The van der Waals surface area contributed by atoms with Crippen LogP contribution in [0.5, 0.6) is 0 Å². The minimum Gasteiger partial charge on any atom is -0.322 e. The van der Waals surface area contributed by atoms with Gasteiger partial charge in [0.05, 0.1) is 5.56 Å². The third-order valence-corrected chi connectivity index (χ3v) is 4.92. The Morgan fingerprint density at radius 2 is 2.00 bits per heavy atom. The molecule has 0 bridgehead atoms. The van der Waals surface area contributed by atoms with Gasteiger partial charge < -0.3 is 10.6 Å². The van der Waals surface area contributed by atoms with E-state index >= 15 is 0 Å². The number of hydrogen-bond acceptors (Lipinski definition) is 3. The molecule has 0 unspecified atom stereocenters. The lowest BCUT2D eigenvalue weighted by atomic mass is 10.1. The Morgan fingerprint density at radius 1 is 1.18 bits per heavy atom. The van der Waals surface area contributed by atoms with E-state index in [0.717, 1.165) is 36.1 Å². The van der Waals surface area contributed by atoms with E-state index in [-0.39, 0.29) is 11.8 Å². The monoisotopic (exact) mass is 314 g/mol. The summed E-state index contributed by atoms with van der Waals surface area (Å²) in [6.07, 6.45) is 2.97. The Balaban J connectivity index is 1.92. The first-order valence-corrected chi connectivity index (χ1v) is 8.16. The van der Waals surface area contributed by atoms with Crippen molar-refractivity contribution < 1.29 is 9.59 Å². The van der Waals surface area contributed by atoms with E-state index < -0.39 is 0 Å². The van der Waals surface area contributed by atoms with E-state index in [1.807, 2.05) is 31.2 Å². The SMILES string of the molecule is CC(=O)Nc1sc2c(c1C(=O)Nc1cccc(C)c1)CCC2. The molecule has 0 saturated heterocycles. The molecule has 1 aliphatic rings. The van der Waals surface area contributed by atoms with E-state index in [1.54, 1.807) is 0 Å². The molecular formula is C17H18N2O2S. The number of nitrogens with one attached hydrogen (secondary N) is 2. The highest BCUT2D eigenvalue weighted by Crippen LogP contribution is 2.39. The van der Waals surface area contributed by atoms with E-state index in [4.69, 9.17) is 0 Å². The zero-order valence-corrected chi connectivity index (χ0v) is 13.5. The summed E-state index contributed by atoms with van der Waals surface area (Å²) in [6, 6.07) is 7.70. The first kappa shape index (κ1) is 14.8. The van der Waals surface area contributed by atoms with Crippen molar-refractivity contribution in [3.63, 3.8) is 0 Å². The molecule has 4 nitrogen and oxygen atoms in total. The fourth-order valence-corrected chi connectivity index (χ4v) is 4.14. The van der Waals surface area contributed by atoms with E-state index in [9.17, 15) is 9.59 Å². The van der Waals surface area contributed by atoms with Crippen LogP contribution in [0.2, 0.25) is 0 Å². The molecule has 0 spiro atoms. The maximum absolute atomic E-state index is 12.7. The molecule has 3 rings (SSSR count). The van der Waals surface area contributed by atoms with Gasteiger partial charge in [-0.15, -0.1) is 11.3 Å². The van der Waals surface area contributed by atoms with Gasteiger partial charge in [-0.3, -0.25) is 9.59 Å². The number of carbonyl (C=O) groups excluding carboxylic acids is 2. The molecule has 114 valence electrons. The second-order valence-electron chi connectivity index (χ2n) is 5.57. The number of carbonyl (C=O) groups is 2. The maximum atomic E-state index is 12.7. The Kier molecular flexibility index (Phi) is 3.98. The molecule has 0 fully saturated rings. The second kappa shape index (κ2) is 5.93. The summed E-state index contributed by atoms with van der Waals surface area (Å²) in [5.74, 6) is -0.293. The van der Waals surface area contributed by atoms with Crippen LogP contribution in [0.15, 0.2) is 24.3 Å². The Bertz CT molecular complexity index is 749. The molecule has 2 aromatic rings. The highest BCUT2D eigenvalue weighted by molar-refractivity contribution is 7.17. The second-order valence-corrected chi connectivity index (χ2v) is 6.67. The van der Waals surface area contributed by atoms with Crippen molar-refractivity contribution in [3.05, 3.63) is 45.8 Å². The fraction of sp³-hybridized carbons (Fsp3) is 0.294. The minimum atomic E-state index is -0.149. The normalized spacial score (nSPS) is 12.8. The Labute approximate surface area is 133 Å². The number of aryl methyl sites for hydroxylation is 2. The number of amides is 2. The summed E-state index contributed by atoms with van der Waals surface area (Å²) < 4.78 is 0. The highest BCUT2D eigenvalue weighted by atomic mass is 32.1. The van der Waals surface area contributed by atoms with Crippen LogP contribution in [0.1, 0.15) is 39.7 Å². The molecule has 1 heterocycles. The topological polar surface area (TPSA) is 58.2 Å². The van der Waals surface area contributed by atoms with Gasteiger partial charge in [-0.25, -0.2) is 0 Å². The lowest BCUT2D eigenvalue weighted by Crippen LogP contribution is -2.16. The van der Waals surface area contributed by atoms with Crippen molar-refractivity contribution in [1.29, 1.82) is 0 Å². The molecule has 0 radical (unpaired) electrons. The number of hydrogen-bond donors (Lipinski definition) is 2. The Hall–Kier alpha value is -2.14. The van der Waals surface area contributed by atoms with Gasteiger partial charge in [-0.1, -0.05) is 12.1 Å². The first-order chi connectivity index (χ1) is 10.5. The van der Waals surface area contributed by atoms with Crippen LogP contribution in [0, 0.1) is 6.92 Å². The highest BCUT2D eigenvalue weighted by Gasteiger charge is 2.27. The summed E-state index contributed by atoms with van der Waals surface area (Å²) in [5.41, 5.74) is 3.60. The lowest BCUT2D eigenvalue weighted by Gasteiger charge is -2.09. The smallest absolute Gasteiger partial charge is 0.258 e. The molecule has 0 saturated carbocycles. The van der Waals surface area contributed by atoms with Crippen molar-refractivity contribution >= 4 is 33.8 Å². The van der Waals surface area contributed by atoms with Crippen molar-refractivity contribution in [2.24, 2.45) is 0 Å². The van der Waals surface area contributed by atoms with Gasteiger partial charge in [0.25, 0.3) is 5.91 Å². The summed E-state index contributed by atoms with van der Waals surface area (Å²) >= 11 is 1.53. The number of fused-ring (bicyclic) bond motifs is 1. The van der Waals surface area contributed by atoms with E-state index in [0.29, 0.717) is 10.6 Å². The average Bonchev–Trinajstić information content (AvgIpc) is 2.97. The van der Waals surface area contributed by atoms with Crippen molar-refractivity contribution in [2.45, 2.75) is 33.1 Å². The first-order valence-electron chi connectivity index (χ1n) is 7.34. The fourth-order valence-electron chi connectivity index (χ4n) is 2.81. The zero-order chi connectivity index (χ0) is 15.7. The number of benzene rings is 1. The summed E-state index contributed by atoms with van der Waals surface area (Å²) in [5, 5.41) is 6.41. The van der Waals surface area contributed by atoms with Crippen molar-refractivity contribution in [2.75, 3.05) is 10.6 Å². The molecule has 1 aromatic carbocycles. The molecule has 2 amide bonds. The number of rotatable bonds is 3. The molecular weight excluding hydrogens is 296 g/mol. The minimum absolute atomic E-state index is 0.145. The van der Waals surface area contributed by atoms with Crippen molar-refractivity contribution in [3.8, 4) is 0 Å². The zero-order valence-electron chi connectivity index (χ0n) is 12.7. The third-order valence-electron chi connectivity index (χ3n) is 3.71. The summed E-state index contributed by atoms with van der Waals surface area (Å²) in [6.45, 7) is 3.45. The van der Waals surface area contributed by atoms with Crippen molar-refractivity contribution in [1.82, 2.24) is 0 Å². The molecule has 0 atom stereocenters. The maximum Gasteiger partial charge on any atom is 0.258 e. The average molecular weight is 314 g/mol. The summed E-state index contributed by atoms with van der Waals surface area (Å²) in [4.78, 5) is 25.3. The van der Waals surface area contributed by atoms with Gasteiger partial charge in [0.15, 0.2) is 0 Å². The number of thiophene rings is 1. The predicted octanol–water partition coefficient (Wildman–Crippen LogP) is 3.76. The standard InChI is InChI=1S/C17H18N2O2S/c1-10-5-3-6-12(9-10)19-16(21)15-13-7-4-8-14(13)22-17(15)18-11(2)20/h3,5-6,9H,4,7-8H2,1-2H3,(H,18,20)(H,19,21). The predicted molar refractivity (Wildman–Crippen MR) is 89.8 cm³/mol. The molecule has 5 heteroatoms. The van der Waals surface area contributed by atoms with Gasteiger partial charge in [0.1, 0.15) is 5.00 Å². The molecule has 1 aromatic heterocycles. The lowest BCUT2D eigenvalue weighted by molar-refractivity contribution is -0.114. The van der Waals surface area contributed by atoms with Gasteiger partial charge in [0.2, 0.25) is 5.91 Å². The quantitative estimate of drug-likeness (QED) is 0.906. The van der Waals surface area contributed by atoms with Crippen LogP contribution in [-0.2, 0) is 17.6 Å². The Morgan fingerprint density at radius 3 is 2.73 bits per heavy atom. The van der Waals surface area contributed by atoms with Crippen LogP contribution in [-0.4, -0.2) is 11.8 Å². The van der Waals surface area contributed by atoms with Gasteiger partial charge in [-0.2, -0.15) is 0 Å². The molecule has 2 N–H and O–H groups in total. The molecule has 0 aliphatic heterocycles. The van der Waals surface area contributed by atoms with Crippen LogP contribution >= 0.6 is 11.3 Å². The van der Waals surface area contributed by atoms with Crippen LogP contribution < -0.4 is 10.6 Å². The van der Waals surface area contributed by atoms with Gasteiger partial charge in [0, 0.05) is 17.5 Å². The largest absolute Gasteiger partial charge is 0.322 e. The van der Waals surface area contributed by atoms with Crippen LogP contribution in [0.25, 0.3) is 0 Å². The summed E-state index contributed by atoms with van der Waals surface area (Å²) in [7, 11) is 0. The van der Waals surface area contributed by atoms with Gasteiger partial charge >= 0.3 is 0 Å². The molecule has 1 aliphatic carbocycles. The molecule has 22 heavy (non-hydrogen) atoms. The third kappa shape index (κ3) is 2.90. The van der Waals surface area contributed by atoms with E-state index in [1.165, 1.54) is 23.1 Å². The van der Waals surface area contributed by atoms with E-state index in [2.05, 4.69) is 10.6 Å². The van der Waals surface area contributed by atoms with Crippen LogP contribution in [0.3, 0.4) is 0 Å². The van der Waals surface area contributed by atoms with Crippen LogP contribution in [0.4, 0.5) is 10.7 Å².